The maximum atomic E-state index is 11.6. The van der Waals surface area contributed by atoms with Gasteiger partial charge in [0.25, 0.3) is 0 Å². The van der Waals surface area contributed by atoms with E-state index in [9.17, 15) is 4.79 Å². The van der Waals surface area contributed by atoms with E-state index in [0.717, 1.165) is 10.0 Å². The van der Waals surface area contributed by atoms with Gasteiger partial charge in [0.05, 0.1) is 13.5 Å². The first-order valence-corrected chi connectivity index (χ1v) is 7.58. The van der Waals surface area contributed by atoms with Crippen molar-refractivity contribution in [2.45, 2.75) is 19.0 Å². The Labute approximate surface area is 133 Å². The first kappa shape index (κ1) is 15.7. The fourth-order valence-electron chi connectivity index (χ4n) is 2.09. The summed E-state index contributed by atoms with van der Waals surface area (Å²) in [6, 6.07) is 18.0. The molecule has 1 unspecified atom stereocenters. The first-order chi connectivity index (χ1) is 10.2. The van der Waals surface area contributed by atoms with Gasteiger partial charge in [0, 0.05) is 17.1 Å². The van der Waals surface area contributed by atoms with E-state index in [-0.39, 0.29) is 12.0 Å². The predicted octanol–water partition coefficient (Wildman–Crippen LogP) is 3.84. The number of methoxy groups -OCH3 is 1. The van der Waals surface area contributed by atoms with Gasteiger partial charge in [0.15, 0.2) is 0 Å². The number of benzene rings is 2. The molecular weight excluding hydrogens is 330 g/mol. The standard InChI is InChI=1S/C17H18BrNO2/c1-21-17(20)11-16(14-7-9-15(18)10-8-14)19-12-13-5-3-2-4-6-13/h2-10,16,19H,11-12H2,1H3. The minimum absolute atomic E-state index is 0.0641. The van der Waals surface area contributed by atoms with Crippen molar-refractivity contribution in [3.05, 3.63) is 70.2 Å². The lowest BCUT2D eigenvalue weighted by atomic mass is 10.0. The molecule has 1 atom stereocenters. The smallest absolute Gasteiger partial charge is 0.307 e. The molecule has 3 nitrogen and oxygen atoms in total. The molecule has 0 aromatic heterocycles. The van der Waals surface area contributed by atoms with Crippen molar-refractivity contribution >= 4 is 21.9 Å². The molecular formula is C17H18BrNO2. The molecule has 2 rings (SSSR count). The van der Waals surface area contributed by atoms with Crippen LogP contribution in [0.25, 0.3) is 0 Å². The molecule has 0 aliphatic carbocycles. The summed E-state index contributed by atoms with van der Waals surface area (Å²) in [6.45, 7) is 0.707. The van der Waals surface area contributed by atoms with Gasteiger partial charge in [0.1, 0.15) is 0 Å². The lowest BCUT2D eigenvalue weighted by molar-refractivity contribution is -0.141. The number of nitrogens with one attached hydrogen (secondary N) is 1. The number of carbonyl (C=O) groups is 1. The monoisotopic (exact) mass is 347 g/mol. The summed E-state index contributed by atoms with van der Waals surface area (Å²) < 4.78 is 5.81. The van der Waals surface area contributed by atoms with E-state index < -0.39 is 0 Å². The van der Waals surface area contributed by atoms with Crippen LogP contribution in [-0.4, -0.2) is 13.1 Å². The van der Waals surface area contributed by atoms with Gasteiger partial charge in [-0.1, -0.05) is 58.4 Å². The molecule has 0 saturated heterocycles. The van der Waals surface area contributed by atoms with Crippen LogP contribution in [0.3, 0.4) is 0 Å². The fourth-order valence-corrected chi connectivity index (χ4v) is 2.35. The third-order valence-corrected chi connectivity index (χ3v) is 3.79. The highest BCUT2D eigenvalue weighted by Crippen LogP contribution is 2.20. The number of halogens is 1. The normalized spacial score (nSPS) is 11.9. The highest BCUT2D eigenvalue weighted by molar-refractivity contribution is 9.10. The van der Waals surface area contributed by atoms with Gasteiger partial charge in [-0.3, -0.25) is 4.79 Å². The van der Waals surface area contributed by atoms with Gasteiger partial charge in [-0.2, -0.15) is 0 Å². The Morgan fingerprint density at radius 2 is 1.81 bits per heavy atom. The van der Waals surface area contributed by atoms with Crippen molar-refractivity contribution in [3.8, 4) is 0 Å². The third-order valence-electron chi connectivity index (χ3n) is 3.27. The molecule has 0 aliphatic rings. The largest absolute Gasteiger partial charge is 0.469 e. The van der Waals surface area contributed by atoms with E-state index in [4.69, 9.17) is 4.74 Å². The zero-order chi connectivity index (χ0) is 15.1. The SMILES string of the molecule is COC(=O)CC(NCc1ccccc1)c1ccc(Br)cc1. The van der Waals surface area contributed by atoms with Crippen LogP contribution in [0.5, 0.6) is 0 Å². The maximum Gasteiger partial charge on any atom is 0.307 e. The minimum Gasteiger partial charge on any atom is -0.469 e. The average molecular weight is 348 g/mol. The maximum absolute atomic E-state index is 11.6. The van der Waals surface area contributed by atoms with Crippen molar-refractivity contribution in [1.29, 1.82) is 0 Å². The Hall–Kier alpha value is -1.65. The highest BCUT2D eigenvalue weighted by atomic mass is 79.9. The lowest BCUT2D eigenvalue weighted by Gasteiger charge is -2.18. The van der Waals surface area contributed by atoms with Crippen LogP contribution in [0.4, 0.5) is 0 Å². The quantitative estimate of drug-likeness (QED) is 0.806. The van der Waals surface area contributed by atoms with Crippen molar-refractivity contribution in [1.82, 2.24) is 5.32 Å². The Morgan fingerprint density at radius 1 is 1.14 bits per heavy atom. The van der Waals surface area contributed by atoms with Gasteiger partial charge in [-0.15, -0.1) is 0 Å². The second-order valence-electron chi connectivity index (χ2n) is 4.75. The molecule has 0 amide bonds. The second kappa shape index (κ2) is 7.96. The number of hydrogen-bond donors (Lipinski definition) is 1. The van der Waals surface area contributed by atoms with Crippen molar-refractivity contribution in [2.75, 3.05) is 7.11 Å². The van der Waals surface area contributed by atoms with Crippen LogP contribution in [0.2, 0.25) is 0 Å². The van der Waals surface area contributed by atoms with Gasteiger partial charge in [-0.05, 0) is 23.3 Å². The molecule has 2 aromatic carbocycles. The van der Waals surface area contributed by atoms with E-state index in [1.54, 1.807) is 0 Å². The molecule has 110 valence electrons. The summed E-state index contributed by atoms with van der Waals surface area (Å²) in [4.78, 5) is 11.6. The molecule has 0 fully saturated rings. The summed E-state index contributed by atoms with van der Waals surface area (Å²) in [7, 11) is 1.41. The number of esters is 1. The van der Waals surface area contributed by atoms with Gasteiger partial charge >= 0.3 is 5.97 Å². The minimum atomic E-state index is -0.219. The third kappa shape index (κ3) is 4.99. The molecule has 4 heteroatoms. The Morgan fingerprint density at radius 3 is 2.43 bits per heavy atom. The van der Waals surface area contributed by atoms with Crippen molar-refractivity contribution < 1.29 is 9.53 Å². The predicted molar refractivity (Wildman–Crippen MR) is 86.8 cm³/mol. The summed E-state index contributed by atoms with van der Waals surface area (Å²) in [5, 5.41) is 3.42. The van der Waals surface area contributed by atoms with Crippen molar-refractivity contribution in [3.63, 3.8) is 0 Å². The van der Waals surface area contributed by atoms with E-state index in [0.29, 0.717) is 13.0 Å². The summed E-state index contributed by atoms with van der Waals surface area (Å²) in [5.74, 6) is -0.219. The van der Waals surface area contributed by atoms with Crippen LogP contribution < -0.4 is 5.32 Å². The van der Waals surface area contributed by atoms with Crippen LogP contribution in [-0.2, 0) is 16.1 Å². The van der Waals surface area contributed by atoms with Gasteiger partial charge in [-0.25, -0.2) is 0 Å². The molecule has 1 N–H and O–H groups in total. The van der Waals surface area contributed by atoms with E-state index in [1.165, 1.54) is 12.7 Å². The number of carbonyl (C=O) groups excluding carboxylic acids is 1. The van der Waals surface area contributed by atoms with Gasteiger partial charge in [0.2, 0.25) is 0 Å². The Kier molecular flexibility index (Phi) is 5.96. The first-order valence-electron chi connectivity index (χ1n) is 6.78. The summed E-state index contributed by atoms with van der Waals surface area (Å²) in [5.41, 5.74) is 2.25. The molecule has 0 bridgehead atoms. The number of rotatable bonds is 6. The molecule has 0 heterocycles. The van der Waals surface area contributed by atoms with Crippen LogP contribution in [0.1, 0.15) is 23.6 Å². The molecule has 0 radical (unpaired) electrons. The molecule has 2 aromatic rings. The highest BCUT2D eigenvalue weighted by Gasteiger charge is 2.16. The van der Waals surface area contributed by atoms with E-state index >= 15 is 0 Å². The zero-order valence-electron chi connectivity index (χ0n) is 11.9. The molecule has 0 aliphatic heterocycles. The van der Waals surface area contributed by atoms with Crippen LogP contribution in [0, 0.1) is 0 Å². The Bertz CT molecular complexity index is 569. The summed E-state index contributed by atoms with van der Waals surface area (Å²) >= 11 is 3.42. The van der Waals surface area contributed by atoms with Gasteiger partial charge < -0.3 is 10.1 Å². The van der Waals surface area contributed by atoms with Crippen molar-refractivity contribution in [2.24, 2.45) is 0 Å². The number of hydrogen-bond acceptors (Lipinski definition) is 3. The molecule has 21 heavy (non-hydrogen) atoms. The topological polar surface area (TPSA) is 38.3 Å². The lowest BCUT2D eigenvalue weighted by Crippen LogP contribution is -2.24. The second-order valence-corrected chi connectivity index (χ2v) is 5.67. The number of ether oxygens (including phenoxy) is 1. The van der Waals surface area contributed by atoms with Crippen LogP contribution in [0.15, 0.2) is 59.1 Å². The van der Waals surface area contributed by atoms with E-state index in [2.05, 4.69) is 33.4 Å². The fraction of sp³-hybridized carbons (Fsp3) is 0.235. The molecule has 0 saturated carbocycles. The zero-order valence-corrected chi connectivity index (χ0v) is 13.5. The average Bonchev–Trinajstić information content (AvgIpc) is 2.53. The summed E-state index contributed by atoms with van der Waals surface area (Å²) in [6.07, 6.45) is 0.310. The van der Waals surface area contributed by atoms with E-state index in [1.807, 2.05) is 42.5 Å². The molecule has 0 spiro atoms. The Balaban J connectivity index is 2.08. The van der Waals surface area contributed by atoms with Crippen LogP contribution >= 0.6 is 15.9 Å².